The number of H-pyrrole nitrogens is 1. The number of carbonyl (C=O) groups excluding carboxylic acids is 1. The number of rotatable bonds is 5. The van der Waals surface area contributed by atoms with Crippen LogP contribution in [0.5, 0.6) is 0 Å². The number of nitrogens with zero attached hydrogens (tertiary/aromatic N) is 2. The fourth-order valence-electron chi connectivity index (χ4n) is 3.66. The molecule has 0 aliphatic carbocycles. The second-order valence-electron chi connectivity index (χ2n) is 7.18. The third kappa shape index (κ3) is 3.67. The van der Waals surface area contributed by atoms with Gasteiger partial charge in [-0.1, -0.05) is 24.3 Å². The molecule has 6 nitrogen and oxygen atoms in total. The number of hydrogen-bond acceptors (Lipinski definition) is 4. The van der Waals surface area contributed by atoms with Crippen LogP contribution in [0, 0.1) is 17.1 Å². The molecule has 152 valence electrons. The molecular formula is C22H18ClFN4O2. The summed E-state index contributed by atoms with van der Waals surface area (Å²) in [7, 11) is 0. The van der Waals surface area contributed by atoms with Crippen LogP contribution in [0.4, 0.5) is 10.1 Å². The van der Waals surface area contributed by atoms with Gasteiger partial charge in [-0.25, -0.2) is 4.39 Å². The number of pyridine rings is 1. The summed E-state index contributed by atoms with van der Waals surface area (Å²) in [4.78, 5) is 29.5. The van der Waals surface area contributed by atoms with E-state index in [1.165, 1.54) is 17.0 Å². The standard InChI is InChI=1S/C22H18ClFN4O2/c23-9-20(29)28(16-11-26-12-16)21-17-6-3-14(7-13-1-4-15(24)5-2-13)8-19(17)27-22(30)18(21)10-25/h1-6,8,16,26H,7,9,11-12H2,(H,27,30). The maximum atomic E-state index is 13.2. The maximum absolute atomic E-state index is 13.2. The number of nitrogens with one attached hydrogen (secondary N) is 2. The molecule has 0 radical (unpaired) electrons. The SMILES string of the molecule is N#Cc1c(N(C(=O)CCl)C2CNC2)c2ccc(Cc3ccc(F)cc3)cc2[nH]c1=O. The Labute approximate surface area is 176 Å². The first-order chi connectivity index (χ1) is 14.5. The number of aromatic amines is 1. The number of amides is 1. The average Bonchev–Trinajstić information content (AvgIpc) is 2.70. The quantitative estimate of drug-likeness (QED) is 0.616. The molecular weight excluding hydrogens is 407 g/mol. The smallest absolute Gasteiger partial charge is 0.268 e. The lowest BCUT2D eigenvalue weighted by Gasteiger charge is -2.38. The second-order valence-corrected chi connectivity index (χ2v) is 7.45. The van der Waals surface area contributed by atoms with Crippen molar-refractivity contribution in [2.45, 2.75) is 12.5 Å². The number of anilines is 1. The minimum Gasteiger partial charge on any atom is -0.321 e. The number of halogens is 2. The van der Waals surface area contributed by atoms with Gasteiger partial charge < -0.3 is 15.2 Å². The van der Waals surface area contributed by atoms with E-state index >= 15 is 0 Å². The lowest BCUT2D eigenvalue weighted by atomic mass is 10.00. The molecule has 4 rings (SSSR count). The Bertz CT molecular complexity index is 1210. The maximum Gasteiger partial charge on any atom is 0.268 e. The average molecular weight is 425 g/mol. The first-order valence-corrected chi connectivity index (χ1v) is 9.97. The summed E-state index contributed by atoms with van der Waals surface area (Å²) in [5, 5.41) is 13.3. The van der Waals surface area contributed by atoms with E-state index in [1.54, 1.807) is 18.2 Å². The van der Waals surface area contributed by atoms with Gasteiger partial charge in [-0.05, 0) is 35.7 Å². The van der Waals surface area contributed by atoms with Gasteiger partial charge in [0.15, 0.2) is 0 Å². The van der Waals surface area contributed by atoms with Crippen molar-refractivity contribution in [3.05, 3.63) is 75.3 Å². The van der Waals surface area contributed by atoms with Gasteiger partial charge in [0.25, 0.3) is 5.56 Å². The molecule has 0 bridgehead atoms. The van der Waals surface area contributed by atoms with Crippen molar-refractivity contribution in [1.82, 2.24) is 10.3 Å². The molecule has 0 saturated carbocycles. The van der Waals surface area contributed by atoms with E-state index in [0.717, 1.165) is 11.1 Å². The molecule has 1 amide bonds. The Balaban J connectivity index is 1.84. The lowest BCUT2D eigenvalue weighted by molar-refractivity contribution is -0.116. The van der Waals surface area contributed by atoms with Crippen LogP contribution in [-0.4, -0.2) is 35.9 Å². The highest BCUT2D eigenvalue weighted by molar-refractivity contribution is 6.30. The molecule has 2 heterocycles. The molecule has 1 aromatic heterocycles. The van der Waals surface area contributed by atoms with Crippen LogP contribution in [0.1, 0.15) is 16.7 Å². The highest BCUT2D eigenvalue weighted by Gasteiger charge is 2.33. The highest BCUT2D eigenvalue weighted by atomic mass is 35.5. The molecule has 8 heteroatoms. The van der Waals surface area contributed by atoms with Crippen LogP contribution in [0.25, 0.3) is 10.9 Å². The number of hydrogen-bond donors (Lipinski definition) is 2. The fraction of sp³-hybridized carbons (Fsp3) is 0.227. The molecule has 1 aliphatic heterocycles. The van der Waals surface area contributed by atoms with Crippen molar-refractivity contribution in [2.75, 3.05) is 23.9 Å². The minimum atomic E-state index is -0.557. The fourth-order valence-corrected chi connectivity index (χ4v) is 3.79. The summed E-state index contributed by atoms with van der Waals surface area (Å²) in [6, 6.07) is 13.5. The number of benzene rings is 2. The van der Waals surface area contributed by atoms with Gasteiger partial charge in [-0.3, -0.25) is 9.59 Å². The number of nitriles is 1. The summed E-state index contributed by atoms with van der Waals surface area (Å²) < 4.78 is 13.2. The third-order valence-corrected chi connectivity index (χ3v) is 5.46. The van der Waals surface area contributed by atoms with E-state index in [1.807, 2.05) is 18.2 Å². The van der Waals surface area contributed by atoms with Crippen molar-refractivity contribution >= 4 is 34.1 Å². The summed E-state index contributed by atoms with van der Waals surface area (Å²) in [5.74, 6) is -0.912. The van der Waals surface area contributed by atoms with Crippen molar-refractivity contribution in [1.29, 1.82) is 5.26 Å². The van der Waals surface area contributed by atoms with Crippen LogP contribution >= 0.6 is 11.6 Å². The van der Waals surface area contributed by atoms with Crippen LogP contribution in [0.3, 0.4) is 0 Å². The monoisotopic (exact) mass is 424 g/mol. The van der Waals surface area contributed by atoms with Gasteiger partial charge in [0.1, 0.15) is 23.3 Å². The van der Waals surface area contributed by atoms with E-state index in [-0.39, 0.29) is 29.2 Å². The molecule has 2 N–H and O–H groups in total. The first-order valence-electron chi connectivity index (χ1n) is 9.44. The Morgan fingerprint density at radius 3 is 2.50 bits per heavy atom. The topological polar surface area (TPSA) is 89.0 Å². The Morgan fingerprint density at radius 1 is 1.20 bits per heavy atom. The van der Waals surface area contributed by atoms with Gasteiger partial charge in [0, 0.05) is 18.5 Å². The van der Waals surface area contributed by atoms with E-state index in [2.05, 4.69) is 10.3 Å². The zero-order chi connectivity index (χ0) is 21.3. The summed E-state index contributed by atoms with van der Waals surface area (Å²) in [6.45, 7) is 1.12. The number of fused-ring (bicyclic) bond motifs is 1. The zero-order valence-corrected chi connectivity index (χ0v) is 16.7. The molecule has 0 atom stereocenters. The van der Waals surface area contributed by atoms with E-state index < -0.39 is 5.56 Å². The third-order valence-electron chi connectivity index (χ3n) is 5.23. The van der Waals surface area contributed by atoms with Crippen molar-refractivity contribution < 1.29 is 9.18 Å². The molecule has 1 saturated heterocycles. The van der Waals surface area contributed by atoms with Crippen LogP contribution in [-0.2, 0) is 11.2 Å². The Morgan fingerprint density at radius 2 is 1.90 bits per heavy atom. The molecule has 0 unspecified atom stereocenters. The van der Waals surface area contributed by atoms with Gasteiger partial charge in [-0.2, -0.15) is 5.26 Å². The molecule has 3 aromatic rings. The van der Waals surface area contributed by atoms with Gasteiger partial charge in [0.2, 0.25) is 5.91 Å². The van der Waals surface area contributed by atoms with Crippen molar-refractivity contribution in [2.24, 2.45) is 0 Å². The van der Waals surface area contributed by atoms with Gasteiger partial charge in [0.05, 0.1) is 17.2 Å². The highest BCUT2D eigenvalue weighted by Crippen LogP contribution is 2.31. The number of alkyl halides is 1. The predicted molar refractivity (Wildman–Crippen MR) is 113 cm³/mol. The van der Waals surface area contributed by atoms with Crippen molar-refractivity contribution in [3.63, 3.8) is 0 Å². The predicted octanol–water partition coefficient (Wildman–Crippen LogP) is 2.67. The second kappa shape index (κ2) is 8.27. The normalized spacial score (nSPS) is 13.6. The summed E-state index contributed by atoms with van der Waals surface area (Å²) in [6.07, 6.45) is 0.546. The Kier molecular flexibility index (Phi) is 5.53. The van der Waals surface area contributed by atoms with Crippen molar-refractivity contribution in [3.8, 4) is 6.07 Å². The Hall–Kier alpha value is -3.21. The van der Waals surface area contributed by atoms with E-state index in [9.17, 15) is 19.2 Å². The van der Waals surface area contributed by atoms with Crippen LogP contribution < -0.4 is 15.8 Å². The first kappa shape index (κ1) is 20.1. The number of aromatic nitrogens is 1. The summed E-state index contributed by atoms with van der Waals surface area (Å²) in [5.41, 5.74) is 1.97. The van der Waals surface area contributed by atoms with Gasteiger partial charge >= 0.3 is 0 Å². The van der Waals surface area contributed by atoms with E-state index in [4.69, 9.17) is 11.6 Å². The summed E-state index contributed by atoms with van der Waals surface area (Å²) >= 11 is 5.83. The molecule has 0 spiro atoms. The lowest BCUT2D eigenvalue weighted by Crippen LogP contribution is -2.60. The molecule has 1 fully saturated rings. The minimum absolute atomic E-state index is 0.112. The largest absolute Gasteiger partial charge is 0.321 e. The zero-order valence-electron chi connectivity index (χ0n) is 15.9. The van der Waals surface area contributed by atoms with Crippen LogP contribution in [0.15, 0.2) is 47.3 Å². The molecule has 2 aromatic carbocycles. The molecule has 1 aliphatic rings. The van der Waals surface area contributed by atoms with Crippen LogP contribution in [0.2, 0.25) is 0 Å². The van der Waals surface area contributed by atoms with Gasteiger partial charge in [-0.15, -0.1) is 11.6 Å². The molecule has 30 heavy (non-hydrogen) atoms. The number of carbonyl (C=O) groups is 1. The van der Waals surface area contributed by atoms with E-state index in [0.29, 0.717) is 36.1 Å².